The molecule has 2 rings (SSSR count). The van der Waals surface area contributed by atoms with Crippen LogP contribution >= 0.6 is 11.8 Å². The lowest BCUT2D eigenvalue weighted by Gasteiger charge is -2.18. The Kier molecular flexibility index (Phi) is 5.06. The first-order valence-electron chi connectivity index (χ1n) is 6.92. The van der Waals surface area contributed by atoms with Crippen molar-refractivity contribution in [3.05, 3.63) is 29.8 Å². The average molecular weight is 292 g/mol. The largest absolute Gasteiger partial charge is 0.324 e. The highest BCUT2D eigenvalue weighted by Crippen LogP contribution is 2.26. The molecule has 0 aromatic heterocycles. The van der Waals surface area contributed by atoms with E-state index in [0.717, 1.165) is 23.4 Å². The minimum absolute atomic E-state index is 0.00430. The quantitative estimate of drug-likeness (QED) is 0.906. The van der Waals surface area contributed by atoms with Crippen molar-refractivity contribution in [1.29, 1.82) is 0 Å². The van der Waals surface area contributed by atoms with Gasteiger partial charge in [-0.3, -0.25) is 9.59 Å². The van der Waals surface area contributed by atoms with E-state index in [1.807, 2.05) is 24.3 Å². The summed E-state index contributed by atoms with van der Waals surface area (Å²) in [6.07, 6.45) is 1.02. The van der Waals surface area contributed by atoms with Crippen LogP contribution < -0.4 is 5.32 Å². The van der Waals surface area contributed by atoms with Gasteiger partial charge in [-0.1, -0.05) is 43.8 Å². The summed E-state index contributed by atoms with van der Waals surface area (Å²) in [7, 11) is 0. The standard InChI is InChI=1S/C15H20N2O2S/c1-3-11(2)12-6-4-5-7-13(12)16-14(18)10-17-8-9-20-15(17)19/h4-7,11H,3,8-10H2,1-2H3,(H,16,18)/t11-/m1/s1. The Balaban J connectivity index is 2.02. The van der Waals surface area contributed by atoms with Gasteiger partial charge in [0.2, 0.25) is 5.91 Å². The highest BCUT2D eigenvalue weighted by molar-refractivity contribution is 8.13. The van der Waals surface area contributed by atoms with Crippen molar-refractivity contribution in [2.45, 2.75) is 26.2 Å². The van der Waals surface area contributed by atoms with E-state index in [9.17, 15) is 9.59 Å². The fraction of sp³-hybridized carbons (Fsp3) is 0.467. The number of amides is 2. The van der Waals surface area contributed by atoms with Crippen LogP contribution in [0.4, 0.5) is 10.5 Å². The molecule has 1 aromatic carbocycles. The highest BCUT2D eigenvalue weighted by Gasteiger charge is 2.23. The summed E-state index contributed by atoms with van der Waals surface area (Å²) in [5.74, 6) is 1.04. The predicted molar refractivity (Wildman–Crippen MR) is 83.2 cm³/mol. The fourth-order valence-electron chi connectivity index (χ4n) is 2.19. The van der Waals surface area contributed by atoms with Gasteiger partial charge in [0.25, 0.3) is 5.24 Å². The summed E-state index contributed by atoms with van der Waals surface area (Å²) in [6.45, 7) is 5.07. The third-order valence-electron chi connectivity index (χ3n) is 3.56. The number of rotatable bonds is 5. The van der Waals surface area contributed by atoms with Crippen molar-refractivity contribution >= 4 is 28.6 Å². The number of hydrogen-bond acceptors (Lipinski definition) is 3. The van der Waals surface area contributed by atoms with Crippen LogP contribution in [-0.4, -0.2) is 34.9 Å². The van der Waals surface area contributed by atoms with E-state index in [1.54, 1.807) is 4.90 Å². The zero-order valence-electron chi connectivity index (χ0n) is 11.9. The molecule has 1 aliphatic heterocycles. The van der Waals surface area contributed by atoms with Crippen LogP contribution in [0.2, 0.25) is 0 Å². The van der Waals surface area contributed by atoms with Crippen LogP contribution in [0.15, 0.2) is 24.3 Å². The normalized spacial score (nSPS) is 16.3. The van der Waals surface area contributed by atoms with Crippen molar-refractivity contribution in [3.63, 3.8) is 0 Å². The maximum absolute atomic E-state index is 12.1. The number of carbonyl (C=O) groups excluding carboxylic acids is 2. The zero-order valence-corrected chi connectivity index (χ0v) is 12.7. The number of hydrogen-bond donors (Lipinski definition) is 1. The molecule has 0 radical (unpaired) electrons. The maximum Gasteiger partial charge on any atom is 0.282 e. The first kappa shape index (κ1) is 14.9. The smallest absolute Gasteiger partial charge is 0.282 e. The van der Waals surface area contributed by atoms with Crippen molar-refractivity contribution in [2.24, 2.45) is 0 Å². The van der Waals surface area contributed by atoms with Crippen molar-refractivity contribution < 1.29 is 9.59 Å². The van der Waals surface area contributed by atoms with E-state index in [0.29, 0.717) is 12.5 Å². The molecular weight excluding hydrogens is 272 g/mol. The molecule has 1 aromatic rings. The maximum atomic E-state index is 12.1. The van der Waals surface area contributed by atoms with Crippen molar-refractivity contribution in [3.8, 4) is 0 Å². The molecule has 4 nitrogen and oxygen atoms in total. The van der Waals surface area contributed by atoms with Gasteiger partial charge in [0.15, 0.2) is 0 Å². The van der Waals surface area contributed by atoms with E-state index in [2.05, 4.69) is 19.2 Å². The lowest BCUT2D eigenvalue weighted by atomic mass is 9.97. The second-order valence-corrected chi connectivity index (χ2v) is 6.03. The second-order valence-electron chi connectivity index (χ2n) is 4.98. The third kappa shape index (κ3) is 3.54. The first-order chi connectivity index (χ1) is 9.61. The van der Waals surface area contributed by atoms with Crippen molar-refractivity contribution in [1.82, 2.24) is 4.90 Å². The van der Waals surface area contributed by atoms with Gasteiger partial charge >= 0.3 is 0 Å². The van der Waals surface area contributed by atoms with E-state index in [-0.39, 0.29) is 17.7 Å². The van der Waals surface area contributed by atoms with Crippen molar-refractivity contribution in [2.75, 3.05) is 24.2 Å². The van der Waals surface area contributed by atoms with Crippen LogP contribution in [0, 0.1) is 0 Å². The van der Waals surface area contributed by atoms with E-state index in [4.69, 9.17) is 0 Å². The molecule has 0 spiro atoms. The molecule has 5 heteroatoms. The van der Waals surface area contributed by atoms with Crippen LogP contribution in [0.1, 0.15) is 31.7 Å². The molecule has 1 atom stereocenters. The van der Waals surface area contributed by atoms with Gasteiger partial charge in [0.05, 0.1) is 0 Å². The Hall–Kier alpha value is -1.49. The van der Waals surface area contributed by atoms with Gasteiger partial charge in [0, 0.05) is 18.0 Å². The minimum atomic E-state index is -0.128. The first-order valence-corrected chi connectivity index (χ1v) is 7.90. The molecule has 0 saturated carbocycles. The molecule has 0 unspecified atom stereocenters. The number of benzene rings is 1. The molecule has 2 amide bonds. The Morgan fingerprint density at radius 3 is 2.85 bits per heavy atom. The second kappa shape index (κ2) is 6.79. The molecular formula is C15H20N2O2S. The zero-order chi connectivity index (χ0) is 14.5. The van der Waals surface area contributed by atoms with E-state index in [1.165, 1.54) is 11.8 Å². The Morgan fingerprint density at radius 2 is 2.20 bits per heavy atom. The Bertz CT molecular complexity index is 504. The average Bonchev–Trinajstić information content (AvgIpc) is 2.84. The molecule has 0 aliphatic carbocycles. The van der Waals surface area contributed by atoms with Gasteiger partial charge in [-0.15, -0.1) is 0 Å². The summed E-state index contributed by atoms with van der Waals surface area (Å²) in [5.41, 5.74) is 2.00. The highest BCUT2D eigenvalue weighted by atomic mass is 32.2. The number of anilines is 1. The van der Waals surface area contributed by atoms with E-state index >= 15 is 0 Å². The molecule has 108 valence electrons. The number of para-hydroxylation sites is 1. The minimum Gasteiger partial charge on any atom is -0.324 e. The van der Waals surface area contributed by atoms with Gasteiger partial charge in [0.1, 0.15) is 6.54 Å². The Morgan fingerprint density at radius 1 is 1.45 bits per heavy atom. The summed E-state index contributed by atoms with van der Waals surface area (Å²) in [6, 6.07) is 7.86. The molecule has 1 heterocycles. The molecule has 0 bridgehead atoms. The lowest BCUT2D eigenvalue weighted by molar-refractivity contribution is -0.116. The topological polar surface area (TPSA) is 49.4 Å². The number of carbonyl (C=O) groups is 2. The van der Waals surface area contributed by atoms with Gasteiger partial charge in [-0.05, 0) is 24.0 Å². The molecule has 1 fully saturated rings. The fourth-order valence-corrected chi connectivity index (χ4v) is 3.02. The number of thioether (sulfide) groups is 1. The summed E-state index contributed by atoms with van der Waals surface area (Å²) < 4.78 is 0. The molecule has 1 N–H and O–H groups in total. The monoisotopic (exact) mass is 292 g/mol. The van der Waals surface area contributed by atoms with Gasteiger partial charge < -0.3 is 10.2 Å². The van der Waals surface area contributed by atoms with Crippen LogP contribution in [0.5, 0.6) is 0 Å². The summed E-state index contributed by atoms with van der Waals surface area (Å²) in [4.78, 5) is 25.1. The number of nitrogens with one attached hydrogen (secondary N) is 1. The van der Waals surface area contributed by atoms with Crippen LogP contribution in [0.25, 0.3) is 0 Å². The Labute approximate surface area is 123 Å². The lowest BCUT2D eigenvalue weighted by Crippen LogP contribution is -2.33. The summed E-state index contributed by atoms with van der Waals surface area (Å²) >= 11 is 1.27. The SMILES string of the molecule is CC[C@@H](C)c1ccccc1NC(=O)CN1CCSC1=O. The van der Waals surface area contributed by atoms with Crippen LogP contribution in [-0.2, 0) is 4.79 Å². The molecule has 20 heavy (non-hydrogen) atoms. The summed E-state index contributed by atoms with van der Waals surface area (Å²) in [5, 5.41) is 2.93. The van der Waals surface area contributed by atoms with Gasteiger partial charge in [-0.25, -0.2) is 0 Å². The van der Waals surface area contributed by atoms with Crippen LogP contribution in [0.3, 0.4) is 0 Å². The van der Waals surface area contributed by atoms with Gasteiger partial charge in [-0.2, -0.15) is 0 Å². The van der Waals surface area contributed by atoms with E-state index < -0.39 is 0 Å². The number of nitrogens with zero attached hydrogens (tertiary/aromatic N) is 1. The third-order valence-corrected chi connectivity index (χ3v) is 4.45. The molecule has 1 saturated heterocycles. The predicted octanol–water partition coefficient (Wildman–Crippen LogP) is 3.31. The molecule has 1 aliphatic rings.